The van der Waals surface area contributed by atoms with Gasteiger partial charge < -0.3 is 14.9 Å². The molecule has 6 nitrogen and oxygen atoms in total. The molecule has 0 aliphatic rings. The van der Waals surface area contributed by atoms with Crippen LogP contribution in [0.15, 0.2) is 30.9 Å². The van der Waals surface area contributed by atoms with Crippen molar-refractivity contribution in [3.05, 3.63) is 47.5 Å². The fourth-order valence-electron chi connectivity index (χ4n) is 1.18. The number of hydrogen-bond acceptors (Lipinski definition) is 4. The predicted molar refractivity (Wildman–Crippen MR) is 67.3 cm³/mol. The van der Waals surface area contributed by atoms with Gasteiger partial charge in [0.25, 0.3) is 0 Å². The van der Waals surface area contributed by atoms with Gasteiger partial charge in [-0.2, -0.15) is 0 Å². The van der Waals surface area contributed by atoms with Crippen LogP contribution in [0.4, 0.5) is 0 Å². The molecular formula is C13H14O6. The molecule has 0 aliphatic heterocycles. The molecule has 0 amide bonds. The Morgan fingerprint density at radius 2 is 1.58 bits per heavy atom. The van der Waals surface area contributed by atoms with E-state index in [1.807, 2.05) is 0 Å². The average Bonchev–Trinajstić information content (AvgIpc) is 2.38. The van der Waals surface area contributed by atoms with Crippen LogP contribution in [0.1, 0.15) is 26.3 Å². The van der Waals surface area contributed by atoms with E-state index in [0.29, 0.717) is 0 Å². The van der Waals surface area contributed by atoms with Gasteiger partial charge in [0.05, 0.1) is 18.2 Å². The third-order valence-corrected chi connectivity index (χ3v) is 2.16. The Kier molecular flexibility index (Phi) is 6.59. The quantitative estimate of drug-likeness (QED) is 0.638. The number of benzene rings is 1. The van der Waals surface area contributed by atoms with Crippen molar-refractivity contribution in [1.82, 2.24) is 0 Å². The molecule has 0 saturated carbocycles. The van der Waals surface area contributed by atoms with Crippen LogP contribution in [0.3, 0.4) is 0 Å². The van der Waals surface area contributed by atoms with Crippen LogP contribution in [-0.4, -0.2) is 35.2 Å². The molecule has 0 aliphatic carbocycles. The van der Waals surface area contributed by atoms with Gasteiger partial charge in [-0.1, -0.05) is 12.6 Å². The van der Waals surface area contributed by atoms with Gasteiger partial charge in [0.15, 0.2) is 0 Å². The van der Waals surface area contributed by atoms with Crippen molar-refractivity contribution in [3.8, 4) is 0 Å². The highest BCUT2D eigenvalue weighted by Crippen LogP contribution is 2.13. The number of methoxy groups -OCH3 is 1. The second-order valence-electron chi connectivity index (χ2n) is 3.32. The molecule has 6 heteroatoms. The summed E-state index contributed by atoms with van der Waals surface area (Å²) in [5.41, 5.74) is 0.335. The van der Waals surface area contributed by atoms with Crippen molar-refractivity contribution in [2.24, 2.45) is 0 Å². The molecule has 0 fully saturated rings. The van der Waals surface area contributed by atoms with Crippen molar-refractivity contribution < 1.29 is 29.3 Å². The molecule has 0 atom stereocenters. The number of carboxylic acids is 2. The molecule has 0 aromatic heterocycles. The molecule has 1 aromatic carbocycles. The van der Waals surface area contributed by atoms with Crippen molar-refractivity contribution in [1.29, 1.82) is 0 Å². The summed E-state index contributed by atoms with van der Waals surface area (Å²) >= 11 is 0. The number of aromatic carboxylic acids is 2. The summed E-state index contributed by atoms with van der Waals surface area (Å²) in [7, 11) is 1.31. The molecule has 102 valence electrons. The van der Waals surface area contributed by atoms with Gasteiger partial charge in [0.2, 0.25) is 0 Å². The van der Waals surface area contributed by atoms with Gasteiger partial charge in [0.1, 0.15) is 0 Å². The van der Waals surface area contributed by atoms with E-state index < -0.39 is 17.9 Å². The molecule has 19 heavy (non-hydrogen) atoms. The number of hydrogen-bond donors (Lipinski definition) is 2. The lowest BCUT2D eigenvalue weighted by molar-refractivity contribution is -0.134. The number of carbonyl (C=O) groups excluding carboxylic acids is 1. The van der Waals surface area contributed by atoms with E-state index in [0.717, 1.165) is 6.08 Å². The van der Waals surface area contributed by atoms with Crippen LogP contribution < -0.4 is 0 Å². The summed E-state index contributed by atoms with van der Waals surface area (Å²) in [6.07, 6.45) is 1.11. The molecule has 0 heterocycles. The highest BCUT2D eigenvalue weighted by atomic mass is 16.5. The fourth-order valence-corrected chi connectivity index (χ4v) is 1.18. The van der Waals surface area contributed by atoms with Crippen molar-refractivity contribution in [2.45, 2.75) is 6.92 Å². The fraction of sp³-hybridized carbons (Fsp3) is 0.154. The SMILES string of the molecule is C=CC(=O)OC.Cc1c(C(=O)O)cccc1C(=O)O. The second kappa shape index (κ2) is 7.65. The third kappa shape index (κ3) is 5.03. The largest absolute Gasteiger partial charge is 0.478 e. The first kappa shape index (κ1) is 16.4. The minimum Gasteiger partial charge on any atom is -0.478 e. The first-order chi connectivity index (χ1) is 8.84. The topological polar surface area (TPSA) is 101 Å². The van der Waals surface area contributed by atoms with Crippen LogP contribution >= 0.6 is 0 Å². The molecule has 0 saturated heterocycles. The number of carbonyl (C=O) groups is 3. The van der Waals surface area contributed by atoms with Crippen LogP contribution in [-0.2, 0) is 9.53 Å². The number of carboxylic acid groups (broad SMARTS) is 2. The lowest BCUT2D eigenvalue weighted by Gasteiger charge is -2.03. The van der Waals surface area contributed by atoms with Gasteiger partial charge in [-0.25, -0.2) is 14.4 Å². The third-order valence-electron chi connectivity index (χ3n) is 2.16. The molecule has 1 rings (SSSR count). The summed E-state index contributed by atoms with van der Waals surface area (Å²) in [6, 6.07) is 4.17. The van der Waals surface area contributed by atoms with E-state index in [1.165, 1.54) is 32.2 Å². The Hall–Kier alpha value is -2.63. The van der Waals surface area contributed by atoms with Crippen LogP contribution in [0.2, 0.25) is 0 Å². The zero-order chi connectivity index (χ0) is 15.0. The summed E-state index contributed by atoms with van der Waals surface area (Å²) in [5.74, 6) is -2.61. The Balaban J connectivity index is 0.000000459. The number of esters is 1. The molecule has 2 N–H and O–H groups in total. The molecular weight excluding hydrogens is 252 g/mol. The lowest BCUT2D eigenvalue weighted by Crippen LogP contribution is -2.06. The van der Waals surface area contributed by atoms with Gasteiger partial charge in [-0.05, 0) is 24.6 Å². The van der Waals surface area contributed by atoms with Crippen molar-refractivity contribution in [3.63, 3.8) is 0 Å². The van der Waals surface area contributed by atoms with Crippen LogP contribution in [0.5, 0.6) is 0 Å². The lowest BCUT2D eigenvalue weighted by atomic mass is 10.0. The predicted octanol–water partition coefficient (Wildman–Crippen LogP) is 1.74. The van der Waals surface area contributed by atoms with Crippen LogP contribution in [0, 0.1) is 6.92 Å². The Labute approximate surface area is 109 Å². The minimum absolute atomic E-state index is 0.0277. The van der Waals surface area contributed by atoms with E-state index in [1.54, 1.807) is 0 Å². The van der Waals surface area contributed by atoms with E-state index in [4.69, 9.17) is 10.2 Å². The number of ether oxygens (including phenoxy) is 1. The van der Waals surface area contributed by atoms with Gasteiger partial charge >= 0.3 is 17.9 Å². The summed E-state index contributed by atoms with van der Waals surface area (Å²) in [4.78, 5) is 31.0. The first-order valence-corrected chi connectivity index (χ1v) is 5.11. The highest BCUT2D eigenvalue weighted by Gasteiger charge is 2.13. The van der Waals surface area contributed by atoms with E-state index in [-0.39, 0.29) is 16.7 Å². The summed E-state index contributed by atoms with van der Waals surface area (Å²) < 4.78 is 4.14. The average molecular weight is 266 g/mol. The van der Waals surface area contributed by atoms with Crippen LogP contribution in [0.25, 0.3) is 0 Å². The van der Waals surface area contributed by atoms with Crippen molar-refractivity contribution >= 4 is 17.9 Å². The van der Waals surface area contributed by atoms with E-state index in [2.05, 4.69) is 11.3 Å². The highest BCUT2D eigenvalue weighted by molar-refractivity contribution is 5.96. The zero-order valence-corrected chi connectivity index (χ0v) is 10.5. The molecule has 0 unspecified atom stereocenters. The Morgan fingerprint density at radius 3 is 1.79 bits per heavy atom. The maximum atomic E-state index is 10.6. The minimum atomic E-state index is -1.11. The van der Waals surface area contributed by atoms with Gasteiger partial charge in [-0.3, -0.25) is 0 Å². The number of rotatable bonds is 3. The molecule has 0 spiro atoms. The van der Waals surface area contributed by atoms with Gasteiger partial charge in [-0.15, -0.1) is 0 Å². The second-order valence-corrected chi connectivity index (χ2v) is 3.32. The first-order valence-electron chi connectivity index (χ1n) is 5.11. The molecule has 0 bridgehead atoms. The molecule has 0 radical (unpaired) electrons. The maximum absolute atomic E-state index is 10.6. The monoisotopic (exact) mass is 266 g/mol. The Morgan fingerprint density at radius 1 is 1.16 bits per heavy atom. The summed E-state index contributed by atoms with van der Waals surface area (Å²) in [5, 5.41) is 17.4. The maximum Gasteiger partial charge on any atom is 0.335 e. The normalized spacial score (nSPS) is 8.74. The smallest absolute Gasteiger partial charge is 0.335 e. The van der Waals surface area contributed by atoms with Gasteiger partial charge in [0, 0.05) is 6.08 Å². The van der Waals surface area contributed by atoms with Crippen molar-refractivity contribution in [2.75, 3.05) is 7.11 Å². The zero-order valence-electron chi connectivity index (χ0n) is 10.5. The summed E-state index contributed by atoms with van der Waals surface area (Å²) in [6.45, 7) is 4.64. The van der Waals surface area contributed by atoms with E-state index in [9.17, 15) is 14.4 Å². The molecule has 1 aromatic rings. The Bertz CT molecular complexity index is 472. The van der Waals surface area contributed by atoms with E-state index >= 15 is 0 Å². The standard InChI is InChI=1S/C9H8O4.C4H6O2/c1-5-6(8(10)11)3-2-4-7(5)9(12)13;1-3-4(5)6-2/h2-4H,1H3,(H,10,11)(H,12,13);3H,1H2,2H3.